The van der Waals surface area contributed by atoms with E-state index in [4.69, 9.17) is 15.5 Å². The molecule has 0 aliphatic carbocycles. The zero-order valence-corrected chi connectivity index (χ0v) is 19.5. The van der Waals surface area contributed by atoms with Gasteiger partial charge in [0.05, 0.1) is 18.5 Å². The number of hydrogen-bond acceptors (Lipinski definition) is 9. The highest BCUT2D eigenvalue weighted by molar-refractivity contribution is 5.75. The number of ether oxygens (including phenoxy) is 1. The van der Waals surface area contributed by atoms with Crippen molar-refractivity contribution >= 4 is 11.8 Å². The van der Waals surface area contributed by atoms with E-state index >= 15 is 0 Å². The molecule has 0 radical (unpaired) electrons. The number of benzene rings is 1. The van der Waals surface area contributed by atoms with Crippen LogP contribution in [0.3, 0.4) is 0 Å². The maximum absolute atomic E-state index is 10.3. The average molecular weight is 444 g/mol. The minimum Gasteiger partial charge on any atom is -0.504 e. The SMILES string of the molecule is COc1ccc(CNc2nc(NCC(C)N)n(C(C)C)c3c(C(C)C)nnc2-3)c(O)c1O. The van der Waals surface area contributed by atoms with Crippen molar-refractivity contribution in [2.45, 2.75) is 59.2 Å². The van der Waals surface area contributed by atoms with Crippen LogP contribution in [0, 0.1) is 0 Å². The third-order valence-corrected chi connectivity index (χ3v) is 5.15. The van der Waals surface area contributed by atoms with Gasteiger partial charge in [0, 0.05) is 30.7 Å². The topological polar surface area (TPSA) is 143 Å². The fraction of sp³-hybridized carbons (Fsp3) is 0.500. The molecule has 0 saturated carbocycles. The molecular formula is C22H33N7O3. The van der Waals surface area contributed by atoms with Crippen LogP contribution in [0.2, 0.25) is 0 Å². The summed E-state index contributed by atoms with van der Waals surface area (Å²) >= 11 is 0. The molecule has 0 bridgehead atoms. The zero-order chi connectivity index (χ0) is 23.6. The number of rotatable bonds is 9. The van der Waals surface area contributed by atoms with Crippen LogP contribution in [0.15, 0.2) is 12.1 Å². The van der Waals surface area contributed by atoms with Crippen molar-refractivity contribution in [3.63, 3.8) is 0 Å². The molecule has 1 aromatic carbocycles. The Morgan fingerprint density at radius 2 is 1.78 bits per heavy atom. The molecule has 32 heavy (non-hydrogen) atoms. The molecule has 2 heterocycles. The number of anilines is 2. The van der Waals surface area contributed by atoms with Crippen molar-refractivity contribution < 1.29 is 14.9 Å². The highest BCUT2D eigenvalue weighted by Crippen LogP contribution is 2.40. The number of nitrogens with one attached hydrogen (secondary N) is 2. The van der Waals surface area contributed by atoms with E-state index < -0.39 is 0 Å². The van der Waals surface area contributed by atoms with Crippen molar-refractivity contribution in [3.05, 3.63) is 23.4 Å². The molecule has 0 fully saturated rings. The number of methoxy groups -OCH3 is 1. The number of phenols is 2. The quantitative estimate of drug-likeness (QED) is 0.315. The number of aromatic nitrogens is 4. The number of nitrogens with two attached hydrogens (primary N) is 1. The van der Waals surface area contributed by atoms with E-state index in [0.717, 1.165) is 11.4 Å². The van der Waals surface area contributed by atoms with E-state index in [0.29, 0.717) is 29.6 Å². The zero-order valence-electron chi connectivity index (χ0n) is 19.5. The van der Waals surface area contributed by atoms with E-state index in [2.05, 4.69) is 53.1 Å². The lowest BCUT2D eigenvalue weighted by Gasteiger charge is -2.25. The van der Waals surface area contributed by atoms with Crippen LogP contribution in [0.1, 0.15) is 57.8 Å². The Hall–Kier alpha value is -3.27. The second kappa shape index (κ2) is 9.47. The van der Waals surface area contributed by atoms with Gasteiger partial charge in [-0.05, 0) is 38.8 Å². The standard InChI is InChI=1S/C22H33N7O3/c1-11(2)16-18-17(28-27-16)21(26-22(25-9-13(5)23)29(18)12(3)4)24-10-14-7-8-15(32-6)20(31)19(14)30/h7-8,11-13,24,30-31H,9-10,23H2,1-6H3,(H,25,26). The first-order valence-corrected chi connectivity index (χ1v) is 10.7. The fourth-order valence-electron chi connectivity index (χ4n) is 3.52. The molecule has 0 aromatic heterocycles. The lowest BCUT2D eigenvalue weighted by Crippen LogP contribution is -2.28. The summed E-state index contributed by atoms with van der Waals surface area (Å²) in [4.78, 5) is 4.78. The van der Waals surface area contributed by atoms with Gasteiger partial charge in [0.15, 0.2) is 23.0 Å². The van der Waals surface area contributed by atoms with Crippen LogP contribution >= 0.6 is 0 Å². The second-order valence-electron chi connectivity index (χ2n) is 8.52. The largest absolute Gasteiger partial charge is 0.504 e. The summed E-state index contributed by atoms with van der Waals surface area (Å²) in [6.07, 6.45) is 0. The predicted molar refractivity (Wildman–Crippen MR) is 125 cm³/mol. The van der Waals surface area contributed by atoms with Crippen molar-refractivity contribution in [2.75, 3.05) is 24.3 Å². The third kappa shape index (κ3) is 4.50. The monoisotopic (exact) mass is 443 g/mol. The molecule has 0 spiro atoms. The van der Waals surface area contributed by atoms with Gasteiger partial charge in [0.2, 0.25) is 11.7 Å². The molecule has 1 unspecified atom stereocenters. The van der Waals surface area contributed by atoms with Gasteiger partial charge in [-0.25, -0.2) is 0 Å². The second-order valence-corrected chi connectivity index (χ2v) is 8.52. The molecule has 10 heteroatoms. The van der Waals surface area contributed by atoms with Crippen LogP contribution < -0.4 is 21.1 Å². The Morgan fingerprint density at radius 1 is 1.06 bits per heavy atom. The van der Waals surface area contributed by atoms with E-state index in [1.165, 1.54) is 7.11 Å². The molecule has 174 valence electrons. The summed E-state index contributed by atoms with van der Waals surface area (Å²) in [6.45, 7) is 11.0. The molecule has 10 nitrogen and oxygen atoms in total. The number of phenolic OH excluding ortho intramolecular Hbond substituents is 2. The molecule has 0 saturated heterocycles. The van der Waals surface area contributed by atoms with Gasteiger partial charge in [-0.2, -0.15) is 10.1 Å². The van der Waals surface area contributed by atoms with Gasteiger partial charge in [0.1, 0.15) is 0 Å². The van der Waals surface area contributed by atoms with Crippen molar-refractivity contribution in [1.29, 1.82) is 0 Å². The highest BCUT2D eigenvalue weighted by atomic mass is 16.5. The van der Waals surface area contributed by atoms with Gasteiger partial charge >= 0.3 is 0 Å². The number of nitrogens with zero attached hydrogens (tertiary/aromatic N) is 4. The first kappa shape index (κ1) is 23.4. The normalized spacial score (nSPS) is 12.5. The highest BCUT2D eigenvalue weighted by Gasteiger charge is 2.28. The van der Waals surface area contributed by atoms with Crippen LogP contribution in [-0.2, 0) is 6.54 Å². The van der Waals surface area contributed by atoms with Gasteiger partial charge in [-0.1, -0.05) is 13.8 Å². The van der Waals surface area contributed by atoms with Crippen molar-refractivity contribution in [1.82, 2.24) is 19.7 Å². The lowest BCUT2D eigenvalue weighted by molar-refractivity contribution is 0.349. The maximum Gasteiger partial charge on any atom is 0.205 e. The predicted octanol–water partition coefficient (Wildman–Crippen LogP) is 3.27. The lowest BCUT2D eigenvalue weighted by atomic mass is 10.1. The smallest absolute Gasteiger partial charge is 0.205 e. The van der Waals surface area contributed by atoms with E-state index in [-0.39, 0.29) is 41.8 Å². The Kier molecular flexibility index (Phi) is 6.93. The van der Waals surface area contributed by atoms with E-state index in [1.807, 2.05) is 6.92 Å². The fourth-order valence-corrected chi connectivity index (χ4v) is 3.52. The van der Waals surface area contributed by atoms with Gasteiger partial charge in [-0.15, -0.1) is 5.10 Å². The van der Waals surface area contributed by atoms with Crippen molar-refractivity contribution in [2.24, 2.45) is 5.73 Å². The molecule has 1 aromatic rings. The average Bonchev–Trinajstić information content (AvgIpc) is 3.18. The number of fused-ring (bicyclic) bond motifs is 1. The molecule has 1 atom stereocenters. The molecule has 0 amide bonds. The molecule has 6 N–H and O–H groups in total. The maximum atomic E-state index is 10.3. The van der Waals surface area contributed by atoms with Crippen LogP contribution in [0.5, 0.6) is 17.2 Å². The van der Waals surface area contributed by atoms with Crippen LogP contribution in [0.25, 0.3) is 11.4 Å². The number of aromatic hydroxyl groups is 2. The van der Waals surface area contributed by atoms with Crippen LogP contribution in [0.4, 0.5) is 11.8 Å². The van der Waals surface area contributed by atoms with Gasteiger partial charge < -0.3 is 35.9 Å². The summed E-state index contributed by atoms with van der Waals surface area (Å²) in [5.41, 5.74) is 8.89. The Morgan fingerprint density at radius 3 is 2.38 bits per heavy atom. The summed E-state index contributed by atoms with van der Waals surface area (Å²) in [5.74, 6) is 1.02. The minimum absolute atomic E-state index is 0.0516. The third-order valence-electron chi connectivity index (χ3n) is 5.15. The molecule has 2 aliphatic heterocycles. The summed E-state index contributed by atoms with van der Waals surface area (Å²) in [6, 6.07) is 3.34. The Bertz CT molecular complexity index is 1050. The van der Waals surface area contributed by atoms with E-state index in [1.54, 1.807) is 12.1 Å². The molecule has 2 aliphatic rings. The first-order valence-electron chi connectivity index (χ1n) is 10.7. The number of hydrogen-bond donors (Lipinski definition) is 5. The van der Waals surface area contributed by atoms with Gasteiger partial charge in [0.25, 0.3) is 0 Å². The van der Waals surface area contributed by atoms with Crippen molar-refractivity contribution in [3.8, 4) is 28.6 Å². The van der Waals surface area contributed by atoms with Crippen LogP contribution in [-0.4, -0.2) is 49.7 Å². The first-order chi connectivity index (χ1) is 15.1. The summed E-state index contributed by atoms with van der Waals surface area (Å²) < 4.78 is 7.13. The summed E-state index contributed by atoms with van der Waals surface area (Å²) in [7, 11) is 1.43. The Labute approximate surface area is 188 Å². The Balaban J connectivity index is 2.06. The molecular weight excluding hydrogens is 410 g/mol. The van der Waals surface area contributed by atoms with Gasteiger partial charge in [-0.3, -0.25) is 0 Å². The van der Waals surface area contributed by atoms with E-state index in [9.17, 15) is 10.2 Å². The summed E-state index contributed by atoms with van der Waals surface area (Å²) in [5, 5.41) is 35.9. The minimum atomic E-state index is -0.301. The molecule has 3 rings (SSSR count).